The molecule has 0 fully saturated rings. The molecular weight excluding hydrogens is 226 g/mol. The third-order valence-corrected chi connectivity index (χ3v) is 2.39. The van der Waals surface area contributed by atoms with E-state index in [2.05, 4.69) is 0 Å². The highest BCUT2D eigenvalue weighted by atomic mass is 16.4. The van der Waals surface area contributed by atoms with Crippen LogP contribution < -0.4 is 5.73 Å². The van der Waals surface area contributed by atoms with Crippen molar-refractivity contribution >= 4 is 5.97 Å². The van der Waals surface area contributed by atoms with Gasteiger partial charge in [-0.2, -0.15) is 0 Å². The second-order valence-corrected chi connectivity index (χ2v) is 3.67. The van der Waals surface area contributed by atoms with Crippen LogP contribution in [-0.2, 0) is 6.54 Å². The van der Waals surface area contributed by atoms with Crippen LogP contribution >= 0.6 is 0 Å². The fraction of sp³-hybridized carbons (Fsp3) is 0.364. The molecule has 2 atom stereocenters. The minimum Gasteiger partial charge on any atom is -0.478 e. The summed E-state index contributed by atoms with van der Waals surface area (Å²) in [4.78, 5) is 10.8. The Balaban J connectivity index is 3.14. The van der Waals surface area contributed by atoms with Crippen LogP contribution in [0.3, 0.4) is 0 Å². The molecule has 0 amide bonds. The van der Waals surface area contributed by atoms with Gasteiger partial charge in [-0.05, 0) is 23.3 Å². The summed E-state index contributed by atoms with van der Waals surface area (Å²) in [6, 6.07) is 4.13. The third kappa shape index (κ3) is 3.24. The Morgan fingerprint density at radius 1 is 1.29 bits per heavy atom. The van der Waals surface area contributed by atoms with Crippen molar-refractivity contribution in [3.63, 3.8) is 0 Å². The highest BCUT2D eigenvalue weighted by Crippen LogP contribution is 2.20. The molecule has 0 radical (unpaired) electrons. The number of carboxylic acids is 1. The highest BCUT2D eigenvalue weighted by molar-refractivity contribution is 5.88. The van der Waals surface area contributed by atoms with Crippen LogP contribution in [0, 0.1) is 0 Å². The smallest absolute Gasteiger partial charge is 0.335 e. The molecule has 0 saturated heterocycles. The van der Waals surface area contributed by atoms with Gasteiger partial charge in [0.15, 0.2) is 0 Å². The molecule has 1 rings (SSSR count). The van der Waals surface area contributed by atoms with E-state index in [-0.39, 0.29) is 17.7 Å². The Bertz CT molecular complexity index is 407. The maximum absolute atomic E-state index is 10.8. The fourth-order valence-electron chi connectivity index (χ4n) is 1.45. The van der Waals surface area contributed by atoms with Gasteiger partial charge in [0.05, 0.1) is 12.2 Å². The van der Waals surface area contributed by atoms with E-state index in [0.717, 1.165) is 0 Å². The zero-order valence-corrected chi connectivity index (χ0v) is 9.08. The van der Waals surface area contributed by atoms with E-state index in [0.29, 0.717) is 5.56 Å². The summed E-state index contributed by atoms with van der Waals surface area (Å²) in [6.45, 7) is -0.494. The predicted molar refractivity (Wildman–Crippen MR) is 59.3 cm³/mol. The Hall–Kier alpha value is -1.47. The molecule has 0 aliphatic rings. The van der Waals surface area contributed by atoms with Crippen molar-refractivity contribution in [2.75, 3.05) is 6.61 Å². The van der Waals surface area contributed by atoms with Gasteiger partial charge in [-0.25, -0.2) is 4.79 Å². The minimum atomic E-state index is -1.36. The van der Waals surface area contributed by atoms with Gasteiger partial charge in [0, 0.05) is 6.54 Å². The van der Waals surface area contributed by atoms with Gasteiger partial charge in [0.1, 0.15) is 12.2 Å². The van der Waals surface area contributed by atoms with Gasteiger partial charge in [-0.3, -0.25) is 0 Å². The van der Waals surface area contributed by atoms with Crippen LogP contribution in [0.4, 0.5) is 0 Å². The molecule has 0 heterocycles. The summed E-state index contributed by atoms with van der Waals surface area (Å²) in [5, 5.41) is 36.6. The van der Waals surface area contributed by atoms with Crippen molar-refractivity contribution in [1.82, 2.24) is 0 Å². The lowest BCUT2D eigenvalue weighted by molar-refractivity contribution is -0.0153. The molecule has 0 bridgehead atoms. The zero-order valence-electron chi connectivity index (χ0n) is 9.08. The lowest BCUT2D eigenvalue weighted by Gasteiger charge is -2.17. The average Bonchev–Trinajstić information content (AvgIpc) is 2.36. The molecule has 0 aliphatic heterocycles. The van der Waals surface area contributed by atoms with Crippen molar-refractivity contribution < 1.29 is 25.2 Å². The van der Waals surface area contributed by atoms with Crippen LogP contribution in [0.25, 0.3) is 0 Å². The number of aromatic carboxylic acids is 1. The summed E-state index contributed by atoms with van der Waals surface area (Å²) < 4.78 is 0. The quantitative estimate of drug-likeness (QED) is 0.461. The van der Waals surface area contributed by atoms with Gasteiger partial charge >= 0.3 is 5.97 Å². The first kappa shape index (κ1) is 13.6. The predicted octanol–water partition coefficient (Wildman–Crippen LogP) is -0.770. The standard InChI is InChI=1S/C11H15NO5/c12-4-6-1-7(10(15)9(14)5-13)3-8(2-6)11(16)17/h1-3,9-10,13-15H,4-5,12H2,(H,16,17)/t9-,10+/m1/s1. The first-order valence-electron chi connectivity index (χ1n) is 5.03. The zero-order chi connectivity index (χ0) is 13.0. The Morgan fingerprint density at radius 2 is 1.94 bits per heavy atom. The molecular formula is C11H15NO5. The largest absolute Gasteiger partial charge is 0.478 e. The van der Waals surface area contributed by atoms with Crippen LogP contribution in [0.15, 0.2) is 18.2 Å². The maximum atomic E-state index is 10.8. The second-order valence-electron chi connectivity index (χ2n) is 3.67. The van der Waals surface area contributed by atoms with Gasteiger partial charge in [-0.1, -0.05) is 6.07 Å². The molecule has 6 nitrogen and oxygen atoms in total. The highest BCUT2D eigenvalue weighted by Gasteiger charge is 2.19. The van der Waals surface area contributed by atoms with Gasteiger partial charge < -0.3 is 26.2 Å². The number of nitrogens with two attached hydrogens (primary N) is 1. The molecule has 0 unspecified atom stereocenters. The van der Waals surface area contributed by atoms with Gasteiger partial charge in [0.25, 0.3) is 0 Å². The van der Waals surface area contributed by atoms with Crippen molar-refractivity contribution in [2.24, 2.45) is 5.73 Å². The lowest BCUT2D eigenvalue weighted by atomic mass is 9.99. The normalized spacial score (nSPS) is 14.4. The number of hydrogen-bond donors (Lipinski definition) is 5. The van der Waals surface area contributed by atoms with Crippen molar-refractivity contribution in [2.45, 2.75) is 18.8 Å². The topological polar surface area (TPSA) is 124 Å². The Labute approximate surface area is 97.9 Å². The van der Waals surface area contributed by atoms with E-state index in [1.54, 1.807) is 0 Å². The number of rotatable bonds is 5. The minimum absolute atomic E-state index is 0.0212. The first-order valence-corrected chi connectivity index (χ1v) is 5.03. The van der Waals surface area contributed by atoms with E-state index in [1.807, 2.05) is 0 Å². The van der Waals surface area contributed by atoms with E-state index in [9.17, 15) is 15.0 Å². The first-order chi connectivity index (χ1) is 7.99. The molecule has 1 aromatic carbocycles. The fourth-order valence-corrected chi connectivity index (χ4v) is 1.45. The van der Waals surface area contributed by atoms with Crippen LogP contribution in [0.1, 0.15) is 27.6 Å². The summed E-state index contributed by atoms with van der Waals surface area (Å²) in [5.74, 6) is -1.15. The average molecular weight is 241 g/mol. The van der Waals surface area contributed by atoms with Crippen molar-refractivity contribution in [3.05, 3.63) is 34.9 Å². The number of carboxylic acid groups (broad SMARTS) is 1. The maximum Gasteiger partial charge on any atom is 0.335 e. The number of aliphatic hydroxyl groups is 3. The van der Waals surface area contributed by atoms with Crippen LogP contribution in [-0.4, -0.2) is 39.1 Å². The Morgan fingerprint density at radius 3 is 2.41 bits per heavy atom. The lowest BCUT2D eigenvalue weighted by Crippen LogP contribution is -2.22. The number of benzene rings is 1. The molecule has 94 valence electrons. The van der Waals surface area contributed by atoms with E-state index < -0.39 is 24.8 Å². The van der Waals surface area contributed by atoms with Crippen LogP contribution in [0.5, 0.6) is 0 Å². The van der Waals surface area contributed by atoms with Crippen molar-refractivity contribution in [3.8, 4) is 0 Å². The summed E-state index contributed by atoms with van der Waals surface area (Å²) in [6.07, 6.45) is -2.70. The molecule has 6 heteroatoms. The molecule has 0 spiro atoms. The van der Waals surface area contributed by atoms with E-state index in [4.69, 9.17) is 15.9 Å². The van der Waals surface area contributed by atoms with Crippen molar-refractivity contribution in [1.29, 1.82) is 0 Å². The number of hydrogen-bond acceptors (Lipinski definition) is 5. The number of aliphatic hydroxyl groups excluding tert-OH is 3. The van der Waals surface area contributed by atoms with Crippen LogP contribution in [0.2, 0.25) is 0 Å². The third-order valence-electron chi connectivity index (χ3n) is 2.39. The SMILES string of the molecule is NCc1cc(C(=O)O)cc([C@H](O)[C@H](O)CO)c1. The van der Waals surface area contributed by atoms with Gasteiger partial charge in [-0.15, -0.1) is 0 Å². The second kappa shape index (κ2) is 5.74. The number of carbonyl (C=O) groups is 1. The summed E-state index contributed by atoms with van der Waals surface area (Å²) >= 11 is 0. The molecule has 0 aromatic heterocycles. The summed E-state index contributed by atoms with van der Waals surface area (Å²) in [5.41, 5.74) is 6.14. The molecule has 17 heavy (non-hydrogen) atoms. The molecule has 1 aromatic rings. The van der Waals surface area contributed by atoms with E-state index in [1.165, 1.54) is 18.2 Å². The molecule has 0 aliphatic carbocycles. The molecule has 6 N–H and O–H groups in total. The van der Waals surface area contributed by atoms with Gasteiger partial charge in [0.2, 0.25) is 0 Å². The summed E-state index contributed by atoms with van der Waals surface area (Å²) in [7, 11) is 0. The molecule has 0 saturated carbocycles. The Kier molecular flexibility index (Phi) is 4.59. The van der Waals surface area contributed by atoms with E-state index >= 15 is 0 Å². The monoisotopic (exact) mass is 241 g/mol.